The molecule has 0 aliphatic heterocycles. The van der Waals surface area contributed by atoms with Crippen LogP contribution in [0.15, 0.2) is 72.8 Å². The highest BCUT2D eigenvalue weighted by atomic mass is 19.1. The second-order valence-corrected chi connectivity index (χ2v) is 7.76. The van der Waals surface area contributed by atoms with Crippen molar-refractivity contribution in [2.24, 2.45) is 0 Å². The first-order valence-electron chi connectivity index (χ1n) is 10.1. The number of amides is 1. The number of rotatable bonds is 5. The summed E-state index contributed by atoms with van der Waals surface area (Å²) in [6.07, 6.45) is 0. The SMILES string of the molecule is Cc1cc(C(=O)NCc2ccc(N(C)C)cc2)c2cccc(-c3ccc(F)cc3)c2n1. The molecule has 0 unspecified atom stereocenters. The van der Waals surface area contributed by atoms with E-state index in [1.807, 2.05) is 68.4 Å². The van der Waals surface area contributed by atoms with Crippen LogP contribution in [0.2, 0.25) is 0 Å². The fourth-order valence-electron chi connectivity index (χ4n) is 3.62. The zero-order valence-corrected chi connectivity index (χ0v) is 17.8. The van der Waals surface area contributed by atoms with E-state index in [0.717, 1.165) is 39.0 Å². The van der Waals surface area contributed by atoms with Crippen LogP contribution in [0.4, 0.5) is 10.1 Å². The van der Waals surface area contributed by atoms with E-state index in [4.69, 9.17) is 0 Å². The Balaban J connectivity index is 1.64. The quantitative estimate of drug-likeness (QED) is 0.480. The van der Waals surface area contributed by atoms with Crippen LogP contribution >= 0.6 is 0 Å². The number of para-hydroxylation sites is 1. The number of hydrogen-bond acceptors (Lipinski definition) is 3. The largest absolute Gasteiger partial charge is 0.378 e. The van der Waals surface area contributed by atoms with Crippen molar-refractivity contribution in [2.45, 2.75) is 13.5 Å². The molecule has 1 N–H and O–H groups in total. The summed E-state index contributed by atoms with van der Waals surface area (Å²) in [6, 6.07) is 21.9. The van der Waals surface area contributed by atoms with Crippen molar-refractivity contribution in [1.29, 1.82) is 0 Å². The smallest absolute Gasteiger partial charge is 0.252 e. The van der Waals surface area contributed by atoms with E-state index in [2.05, 4.69) is 10.3 Å². The minimum Gasteiger partial charge on any atom is -0.378 e. The van der Waals surface area contributed by atoms with Gasteiger partial charge in [-0.1, -0.05) is 42.5 Å². The van der Waals surface area contributed by atoms with Gasteiger partial charge in [0.1, 0.15) is 5.82 Å². The second kappa shape index (κ2) is 8.56. The van der Waals surface area contributed by atoms with Gasteiger partial charge in [0.05, 0.1) is 11.1 Å². The number of nitrogens with one attached hydrogen (secondary N) is 1. The van der Waals surface area contributed by atoms with Gasteiger partial charge in [0.15, 0.2) is 0 Å². The molecule has 156 valence electrons. The number of pyridine rings is 1. The Kier molecular flexibility index (Phi) is 5.67. The number of halogens is 1. The summed E-state index contributed by atoms with van der Waals surface area (Å²) in [5.41, 5.74) is 5.93. The molecule has 0 saturated carbocycles. The summed E-state index contributed by atoms with van der Waals surface area (Å²) in [5.74, 6) is -0.435. The highest BCUT2D eigenvalue weighted by molar-refractivity contribution is 6.09. The number of hydrogen-bond donors (Lipinski definition) is 1. The van der Waals surface area contributed by atoms with Crippen LogP contribution in [0, 0.1) is 12.7 Å². The van der Waals surface area contributed by atoms with Crippen LogP contribution in [-0.2, 0) is 6.54 Å². The Labute approximate surface area is 181 Å². The third kappa shape index (κ3) is 4.40. The zero-order chi connectivity index (χ0) is 22.0. The Hall–Kier alpha value is -3.73. The van der Waals surface area contributed by atoms with Crippen molar-refractivity contribution in [3.8, 4) is 11.1 Å². The fourth-order valence-corrected chi connectivity index (χ4v) is 3.62. The normalized spacial score (nSPS) is 10.8. The van der Waals surface area contributed by atoms with Crippen LogP contribution in [0.25, 0.3) is 22.0 Å². The summed E-state index contributed by atoms with van der Waals surface area (Å²) in [4.78, 5) is 19.8. The van der Waals surface area contributed by atoms with E-state index >= 15 is 0 Å². The molecule has 0 bridgehead atoms. The highest BCUT2D eigenvalue weighted by Gasteiger charge is 2.15. The van der Waals surface area contributed by atoms with Gasteiger partial charge in [-0.05, 0) is 48.4 Å². The van der Waals surface area contributed by atoms with Crippen molar-refractivity contribution in [3.05, 3.63) is 95.4 Å². The number of anilines is 1. The Morgan fingerprint density at radius 3 is 2.39 bits per heavy atom. The molecular formula is C26H24FN3O. The Bertz CT molecular complexity index is 1230. The number of carbonyl (C=O) groups excluding carboxylic acids is 1. The van der Waals surface area contributed by atoms with Crippen molar-refractivity contribution in [3.63, 3.8) is 0 Å². The lowest BCUT2D eigenvalue weighted by atomic mass is 9.98. The van der Waals surface area contributed by atoms with Crippen molar-refractivity contribution in [1.82, 2.24) is 10.3 Å². The molecule has 0 saturated heterocycles. The lowest BCUT2D eigenvalue weighted by Crippen LogP contribution is -2.23. The summed E-state index contributed by atoms with van der Waals surface area (Å²) in [5, 5.41) is 3.79. The van der Waals surface area contributed by atoms with Gasteiger partial charge in [-0.3, -0.25) is 9.78 Å². The molecule has 31 heavy (non-hydrogen) atoms. The number of benzene rings is 3. The molecule has 4 nitrogen and oxygen atoms in total. The average molecular weight is 413 g/mol. The summed E-state index contributed by atoms with van der Waals surface area (Å²) >= 11 is 0. The standard InChI is InChI=1S/C26H24FN3O/c1-17-15-24(26(31)28-16-18-7-13-21(14-8-18)30(2)3)23-6-4-5-22(25(23)29-17)19-9-11-20(27)12-10-19/h4-15H,16H2,1-3H3,(H,28,31). The maximum atomic E-state index is 13.4. The molecule has 1 amide bonds. The molecule has 1 heterocycles. The van der Waals surface area contributed by atoms with Crippen molar-refractivity contribution < 1.29 is 9.18 Å². The third-order valence-corrected chi connectivity index (χ3v) is 5.27. The van der Waals surface area contributed by atoms with E-state index in [1.165, 1.54) is 12.1 Å². The minimum atomic E-state index is -0.285. The highest BCUT2D eigenvalue weighted by Crippen LogP contribution is 2.30. The summed E-state index contributed by atoms with van der Waals surface area (Å²) in [7, 11) is 3.99. The van der Waals surface area contributed by atoms with E-state index in [1.54, 1.807) is 18.2 Å². The maximum Gasteiger partial charge on any atom is 0.252 e. The first-order valence-corrected chi connectivity index (χ1v) is 10.1. The van der Waals surface area contributed by atoms with Crippen molar-refractivity contribution >= 4 is 22.5 Å². The topological polar surface area (TPSA) is 45.2 Å². The zero-order valence-electron chi connectivity index (χ0n) is 17.8. The Morgan fingerprint density at radius 1 is 1.00 bits per heavy atom. The summed E-state index contributed by atoms with van der Waals surface area (Å²) in [6.45, 7) is 2.31. The molecule has 4 rings (SSSR count). The van der Waals surface area contributed by atoms with Crippen LogP contribution < -0.4 is 10.2 Å². The fraction of sp³-hybridized carbons (Fsp3) is 0.154. The molecule has 5 heteroatoms. The molecule has 0 aliphatic rings. The van der Waals surface area contributed by atoms with Gasteiger partial charge in [0.2, 0.25) is 0 Å². The molecular weight excluding hydrogens is 389 g/mol. The third-order valence-electron chi connectivity index (χ3n) is 5.27. The van der Waals surface area contributed by atoms with Gasteiger partial charge < -0.3 is 10.2 Å². The monoisotopic (exact) mass is 413 g/mol. The number of nitrogens with zero attached hydrogens (tertiary/aromatic N) is 2. The van der Waals surface area contributed by atoms with Gasteiger partial charge in [-0.2, -0.15) is 0 Å². The molecule has 0 radical (unpaired) electrons. The first-order chi connectivity index (χ1) is 14.9. The van der Waals surface area contributed by atoms with Crippen LogP contribution in [0.1, 0.15) is 21.6 Å². The van der Waals surface area contributed by atoms with E-state index in [0.29, 0.717) is 12.1 Å². The summed E-state index contributed by atoms with van der Waals surface area (Å²) < 4.78 is 13.4. The molecule has 1 aromatic heterocycles. The molecule has 0 atom stereocenters. The maximum absolute atomic E-state index is 13.4. The number of aromatic nitrogens is 1. The number of fused-ring (bicyclic) bond motifs is 1. The van der Waals surface area contributed by atoms with Crippen LogP contribution in [0.5, 0.6) is 0 Å². The minimum absolute atomic E-state index is 0.150. The molecule has 3 aromatic carbocycles. The molecule has 0 fully saturated rings. The first kappa shape index (κ1) is 20.5. The van der Waals surface area contributed by atoms with Crippen LogP contribution in [-0.4, -0.2) is 25.0 Å². The van der Waals surface area contributed by atoms with Crippen LogP contribution in [0.3, 0.4) is 0 Å². The van der Waals surface area contributed by atoms with E-state index < -0.39 is 0 Å². The Morgan fingerprint density at radius 2 is 1.71 bits per heavy atom. The number of carbonyl (C=O) groups is 1. The lowest BCUT2D eigenvalue weighted by Gasteiger charge is -2.14. The van der Waals surface area contributed by atoms with E-state index in [-0.39, 0.29) is 11.7 Å². The van der Waals surface area contributed by atoms with Gasteiger partial charge in [0.25, 0.3) is 5.91 Å². The van der Waals surface area contributed by atoms with Gasteiger partial charge in [0, 0.05) is 43.0 Å². The molecule has 4 aromatic rings. The molecule has 0 aliphatic carbocycles. The predicted molar refractivity (Wildman–Crippen MR) is 124 cm³/mol. The lowest BCUT2D eigenvalue weighted by molar-refractivity contribution is 0.0952. The van der Waals surface area contributed by atoms with Gasteiger partial charge >= 0.3 is 0 Å². The van der Waals surface area contributed by atoms with E-state index in [9.17, 15) is 9.18 Å². The van der Waals surface area contributed by atoms with Crippen molar-refractivity contribution in [2.75, 3.05) is 19.0 Å². The predicted octanol–water partition coefficient (Wildman–Crippen LogP) is 5.35. The number of aryl methyl sites for hydroxylation is 1. The van der Waals surface area contributed by atoms with Gasteiger partial charge in [-0.15, -0.1) is 0 Å². The average Bonchev–Trinajstić information content (AvgIpc) is 2.77. The second-order valence-electron chi connectivity index (χ2n) is 7.76. The molecule has 0 spiro atoms. The van der Waals surface area contributed by atoms with Gasteiger partial charge in [-0.25, -0.2) is 4.39 Å².